The Morgan fingerprint density at radius 1 is 0.968 bits per heavy atom. The lowest BCUT2D eigenvalue weighted by Gasteiger charge is -2.36. The number of carbonyl (C=O) groups is 1. The second-order valence-corrected chi connectivity index (χ2v) is 8.86. The molecule has 0 spiro atoms. The second-order valence-electron chi connectivity index (χ2n) is 7.16. The molecule has 2 aromatic carbocycles. The van der Waals surface area contributed by atoms with Crippen molar-refractivity contribution < 1.29 is 4.79 Å². The standard InChI is InChI=1S/C22H19BrCl2N4O2/c23-16-6-4-15(5-7-16)18-8-9-20(30)29(26-18)14-21(31)28-12-10-27(11-13-28)19-3-1-2-17(24)22(19)25/h1-9H,10-14H2. The minimum absolute atomic E-state index is 0.0961. The summed E-state index contributed by atoms with van der Waals surface area (Å²) >= 11 is 15.8. The van der Waals surface area contributed by atoms with Crippen LogP contribution in [-0.2, 0) is 11.3 Å². The number of amides is 1. The summed E-state index contributed by atoms with van der Waals surface area (Å²) < 4.78 is 2.18. The largest absolute Gasteiger partial charge is 0.367 e. The van der Waals surface area contributed by atoms with Crippen LogP contribution in [0.3, 0.4) is 0 Å². The predicted molar refractivity (Wildman–Crippen MR) is 127 cm³/mol. The summed E-state index contributed by atoms with van der Waals surface area (Å²) in [7, 11) is 0. The first kappa shape index (κ1) is 21.9. The van der Waals surface area contributed by atoms with Gasteiger partial charge in [-0.25, -0.2) is 4.68 Å². The minimum atomic E-state index is -0.307. The molecular formula is C22H19BrCl2N4O2. The lowest BCUT2D eigenvalue weighted by molar-refractivity contribution is -0.132. The van der Waals surface area contributed by atoms with Crippen LogP contribution in [0.4, 0.5) is 5.69 Å². The van der Waals surface area contributed by atoms with Crippen LogP contribution >= 0.6 is 39.1 Å². The van der Waals surface area contributed by atoms with Gasteiger partial charge in [0.05, 0.1) is 21.4 Å². The number of aromatic nitrogens is 2. The molecule has 1 aromatic heterocycles. The summed E-state index contributed by atoms with van der Waals surface area (Å²) in [6.45, 7) is 2.23. The fraction of sp³-hybridized carbons (Fsp3) is 0.227. The Morgan fingerprint density at radius 2 is 1.68 bits per heavy atom. The first-order chi connectivity index (χ1) is 14.9. The van der Waals surface area contributed by atoms with Crippen molar-refractivity contribution >= 4 is 50.7 Å². The third-order valence-corrected chi connectivity index (χ3v) is 6.53. The monoisotopic (exact) mass is 520 g/mol. The van der Waals surface area contributed by atoms with Gasteiger partial charge in [-0.05, 0) is 30.3 Å². The molecule has 0 saturated carbocycles. The Morgan fingerprint density at radius 3 is 2.39 bits per heavy atom. The van der Waals surface area contributed by atoms with Gasteiger partial charge in [0.15, 0.2) is 0 Å². The van der Waals surface area contributed by atoms with Gasteiger partial charge in [0.25, 0.3) is 5.56 Å². The number of hydrogen-bond acceptors (Lipinski definition) is 4. The highest BCUT2D eigenvalue weighted by Crippen LogP contribution is 2.32. The number of benzene rings is 2. The van der Waals surface area contributed by atoms with Crippen molar-refractivity contribution in [2.75, 3.05) is 31.1 Å². The van der Waals surface area contributed by atoms with E-state index in [0.29, 0.717) is 41.9 Å². The molecule has 1 aliphatic rings. The molecule has 0 atom stereocenters. The molecule has 0 aliphatic carbocycles. The molecule has 4 rings (SSSR count). The van der Waals surface area contributed by atoms with Gasteiger partial charge in [0.1, 0.15) is 6.54 Å². The first-order valence-electron chi connectivity index (χ1n) is 9.73. The highest BCUT2D eigenvalue weighted by molar-refractivity contribution is 9.10. The van der Waals surface area contributed by atoms with Gasteiger partial charge in [0.2, 0.25) is 5.91 Å². The Labute approximate surface area is 198 Å². The highest BCUT2D eigenvalue weighted by atomic mass is 79.9. The molecule has 2 heterocycles. The third-order valence-electron chi connectivity index (χ3n) is 5.20. The van der Waals surface area contributed by atoms with E-state index in [1.54, 1.807) is 17.0 Å². The van der Waals surface area contributed by atoms with E-state index in [9.17, 15) is 9.59 Å². The topological polar surface area (TPSA) is 58.4 Å². The van der Waals surface area contributed by atoms with Crippen LogP contribution in [0.2, 0.25) is 10.0 Å². The predicted octanol–water partition coefficient (Wildman–Crippen LogP) is 4.33. The molecule has 1 amide bonds. The number of halogens is 3. The molecular weight excluding hydrogens is 503 g/mol. The van der Waals surface area contributed by atoms with Crippen molar-refractivity contribution in [3.05, 3.63) is 79.5 Å². The zero-order chi connectivity index (χ0) is 22.0. The van der Waals surface area contributed by atoms with Crippen molar-refractivity contribution in [1.82, 2.24) is 14.7 Å². The SMILES string of the molecule is O=C(Cn1nc(-c2ccc(Br)cc2)ccc1=O)N1CCN(c2cccc(Cl)c2Cl)CC1. The van der Waals surface area contributed by atoms with Gasteiger partial charge in [-0.1, -0.05) is 57.3 Å². The number of piperazine rings is 1. The Bertz CT molecular complexity index is 1160. The number of anilines is 1. The maximum Gasteiger partial charge on any atom is 0.267 e. The van der Waals surface area contributed by atoms with Gasteiger partial charge in [0, 0.05) is 42.3 Å². The van der Waals surface area contributed by atoms with Crippen molar-refractivity contribution in [2.24, 2.45) is 0 Å². The van der Waals surface area contributed by atoms with Gasteiger partial charge >= 0.3 is 0 Å². The maximum absolute atomic E-state index is 12.8. The minimum Gasteiger partial charge on any atom is -0.367 e. The van der Waals surface area contributed by atoms with Crippen LogP contribution in [0, 0.1) is 0 Å². The fourth-order valence-corrected chi connectivity index (χ4v) is 4.18. The quantitative estimate of drug-likeness (QED) is 0.512. The number of nitrogens with zero attached hydrogens (tertiary/aromatic N) is 4. The summed E-state index contributed by atoms with van der Waals surface area (Å²) in [6.07, 6.45) is 0. The van der Waals surface area contributed by atoms with Crippen LogP contribution in [0.25, 0.3) is 11.3 Å². The van der Waals surface area contributed by atoms with Crippen molar-refractivity contribution in [3.8, 4) is 11.3 Å². The molecule has 0 N–H and O–H groups in total. The summed E-state index contributed by atoms with van der Waals surface area (Å²) in [5.74, 6) is -0.139. The van der Waals surface area contributed by atoms with Crippen molar-refractivity contribution in [1.29, 1.82) is 0 Å². The lowest BCUT2D eigenvalue weighted by atomic mass is 10.1. The van der Waals surface area contributed by atoms with E-state index in [1.807, 2.05) is 36.4 Å². The van der Waals surface area contributed by atoms with Crippen LogP contribution in [0.5, 0.6) is 0 Å². The molecule has 9 heteroatoms. The number of carbonyl (C=O) groups excluding carboxylic acids is 1. The summed E-state index contributed by atoms with van der Waals surface area (Å²) in [5, 5.41) is 5.42. The summed E-state index contributed by atoms with van der Waals surface area (Å²) in [6, 6.07) is 16.3. The average Bonchev–Trinajstić information content (AvgIpc) is 2.78. The second kappa shape index (κ2) is 9.42. The summed E-state index contributed by atoms with van der Waals surface area (Å²) in [5.41, 5.74) is 2.07. The zero-order valence-electron chi connectivity index (χ0n) is 16.5. The van der Waals surface area contributed by atoms with Gasteiger partial charge in [-0.2, -0.15) is 5.10 Å². The molecule has 1 fully saturated rings. The van der Waals surface area contributed by atoms with E-state index in [0.717, 1.165) is 15.7 Å². The molecule has 0 radical (unpaired) electrons. The first-order valence-corrected chi connectivity index (χ1v) is 11.3. The molecule has 160 valence electrons. The van der Waals surface area contributed by atoms with E-state index >= 15 is 0 Å². The zero-order valence-corrected chi connectivity index (χ0v) is 19.6. The van der Waals surface area contributed by atoms with E-state index in [1.165, 1.54) is 10.7 Å². The normalized spacial score (nSPS) is 14.0. The van der Waals surface area contributed by atoms with Crippen LogP contribution in [-0.4, -0.2) is 46.8 Å². The molecule has 1 saturated heterocycles. The van der Waals surface area contributed by atoms with Crippen LogP contribution < -0.4 is 10.5 Å². The molecule has 3 aromatic rings. The van der Waals surface area contributed by atoms with E-state index in [2.05, 4.69) is 25.9 Å². The average molecular weight is 522 g/mol. The molecule has 0 bridgehead atoms. The van der Waals surface area contributed by atoms with Crippen molar-refractivity contribution in [3.63, 3.8) is 0 Å². The summed E-state index contributed by atoms with van der Waals surface area (Å²) in [4.78, 5) is 29.0. The number of hydrogen-bond donors (Lipinski definition) is 0. The van der Waals surface area contributed by atoms with Crippen LogP contribution in [0.15, 0.2) is 63.9 Å². The highest BCUT2D eigenvalue weighted by Gasteiger charge is 2.23. The maximum atomic E-state index is 12.8. The van der Waals surface area contributed by atoms with Gasteiger partial charge < -0.3 is 9.80 Å². The number of rotatable bonds is 4. The van der Waals surface area contributed by atoms with Gasteiger partial charge in [-0.15, -0.1) is 0 Å². The lowest BCUT2D eigenvalue weighted by Crippen LogP contribution is -2.50. The van der Waals surface area contributed by atoms with E-state index in [4.69, 9.17) is 23.2 Å². The fourth-order valence-electron chi connectivity index (χ4n) is 3.50. The van der Waals surface area contributed by atoms with Gasteiger partial charge in [-0.3, -0.25) is 9.59 Å². The smallest absolute Gasteiger partial charge is 0.267 e. The Balaban J connectivity index is 1.43. The Hall–Kier alpha value is -2.35. The van der Waals surface area contributed by atoms with Crippen LogP contribution in [0.1, 0.15) is 0 Å². The third kappa shape index (κ3) is 4.95. The molecule has 0 unspecified atom stereocenters. The van der Waals surface area contributed by atoms with E-state index in [-0.39, 0.29) is 18.0 Å². The molecule has 6 nitrogen and oxygen atoms in total. The van der Waals surface area contributed by atoms with E-state index < -0.39 is 0 Å². The molecule has 1 aliphatic heterocycles. The molecule has 31 heavy (non-hydrogen) atoms. The van der Waals surface area contributed by atoms with Crippen molar-refractivity contribution in [2.45, 2.75) is 6.54 Å². The Kier molecular flexibility index (Phi) is 6.65.